The molecule has 0 unspecified atom stereocenters. The van der Waals surface area contributed by atoms with E-state index in [0.717, 1.165) is 6.07 Å². The number of halogens is 2. The second-order valence-electron chi connectivity index (χ2n) is 5.12. The Bertz CT molecular complexity index is 748. The molecule has 120 valence electrons. The number of nitrogens with zero attached hydrogens (tertiary/aromatic N) is 2. The molecule has 0 atom stereocenters. The summed E-state index contributed by atoms with van der Waals surface area (Å²) in [6, 6.07) is 5.32. The molecule has 3 rings (SSSR count). The van der Waals surface area contributed by atoms with Gasteiger partial charge in [-0.05, 0) is 18.2 Å². The highest BCUT2D eigenvalue weighted by molar-refractivity contribution is 6.32. The molecule has 1 aliphatic rings. The molecule has 0 spiro atoms. The summed E-state index contributed by atoms with van der Waals surface area (Å²) < 4.78 is 19.3. The number of pyridine rings is 1. The lowest BCUT2D eigenvalue weighted by molar-refractivity contribution is 0.0303. The van der Waals surface area contributed by atoms with Crippen LogP contribution in [0.3, 0.4) is 0 Å². The maximum atomic E-state index is 14.0. The van der Waals surface area contributed by atoms with Crippen LogP contribution >= 0.6 is 11.6 Å². The van der Waals surface area contributed by atoms with Crippen LogP contribution in [-0.2, 0) is 4.74 Å². The molecule has 0 bridgehead atoms. The van der Waals surface area contributed by atoms with E-state index < -0.39 is 5.82 Å². The topological polar surface area (TPSA) is 62.7 Å². The Hall–Kier alpha value is -2.18. The average molecular weight is 337 g/mol. The molecule has 0 radical (unpaired) electrons. The summed E-state index contributed by atoms with van der Waals surface area (Å²) in [6.45, 7) is 2.06. The number of hydrogen-bond acceptors (Lipinski definition) is 4. The van der Waals surface area contributed by atoms with Crippen LogP contribution in [0.1, 0.15) is 10.4 Å². The highest BCUT2D eigenvalue weighted by Gasteiger charge is 2.20. The van der Waals surface area contributed by atoms with Gasteiger partial charge in [-0.15, -0.1) is 0 Å². The van der Waals surface area contributed by atoms with Crippen molar-refractivity contribution in [3.05, 3.63) is 46.9 Å². The molecule has 2 aromatic rings. The zero-order chi connectivity index (χ0) is 16.4. The molecule has 1 aromatic carbocycles. The summed E-state index contributed by atoms with van der Waals surface area (Å²) in [6.07, 6.45) is 1.45. The van der Waals surface area contributed by atoms with Gasteiger partial charge in [0, 0.05) is 36.5 Å². The van der Waals surface area contributed by atoms with Crippen molar-refractivity contribution in [2.24, 2.45) is 0 Å². The summed E-state index contributed by atoms with van der Waals surface area (Å²) in [5.41, 5.74) is 0.827. The number of morpholine rings is 1. The molecule has 1 saturated heterocycles. The van der Waals surface area contributed by atoms with E-state index in [1.165, 1.54) is 18.3 Å². The Labute approximate surface area is 137 Å². The monoisotopic (exact) mass is 336 g/mol. The first-order valence-corrected chi connectivity index (χ1v) is 7.45. The van der Waals surface area contributed by atoms with Crippen molar-refractivity contribution in [1.29, 1.82) is 0 Å². The summed E-state index contributed by atoms with van der Waals surface area (Å²) in [5, 5.41) is 9.44. The number of hydrogen-bond donors (Lipinski definition) is 1. The van der Waals surface area contributed by atoms with Crippen LogP contribution in [0.5, 0.6) is 5.75 Å². The van der Waals surface area contributed by atoms with Crippen molar-refractivity contribution >= 4 is 17.5 Å². The van der Waals surface area contributed by atoms with E-state index in [-0.39, 0.29) is 27.9 Å². The van der Waals surface area contributed by atoms with Gasteiger partial charge in [-0.3, -0.25) is 9.78 Å². The third-order valence-corrected chi connectivity index (χ3v) is 3.92. The molecule has 23 heavy (non-hydrogen) atoms. The second-order valence-corrected chi connectivity index (χ2v) is 5.52. The van der Waals surface area contributed by atoms with Crippen LogP contribution in [0.15, 0.2) is 30.5 Å². The van der Waals surface area contributed by atoms with Gasteiger partial charge >= 0.3 is 0 Å². The van der Waals surface area contributed by atoms with Crippen molar-refractivity contribution in [2.45, 2.75) is 0 Å². The van der Waals surface area contributed by atoms with Crippen LogP contribution in [0.2, 0.25) is 5.02 Å². The largest absolute Gasteiger partial charge is 0.506 e. The Morgan fingerprint density at radius 3 is 2.78 bits per heavy atom. The first kappa shape index (κ1) is 15.7. The number of carbonyl (C=O) groups is 1. The van der Waals surface area contributed by atoms with Crippen molar-refractivity contribution in [2.75, 3.05) is 26.3 Å². The number of phenols is 1. The first-order chi connectivity index (χ1) is 11.1. The van der Waals surface area contributed by atoms with E-state index in [9.17, 15) is 14.3 Å². The van der Waals surface area contributed by atoms with Crippen LogP contribution in [0, 0.1) is 5.82 Å². The summed E-state index contributed by atoms with van der Waals surface area (Å²) >= 11 is 5.83. The van der Waals surface area contributed by atoms with E-state index in [2.05, 4.69) is 4.98 Å². The van der Waals surface area contributed by atoms with Gasteiger partial charge in [-0.1, -0.05) is 11.6 Å². The molecule has 1 aromatic heterocycles. The highest BCUT2D eigenvalue weighted by atomic mass is 35.5. The molecule has 7 heteroatoms. The lowest BCUT2D eigenvalue weighted by Crippen LogP contribution is -2.40. The molecule has 0 aliphatic carbocycles. The third kappa shape index (κ3) is 3.28. The third-order valence-electron chi connectivity index (χ3n) is 3.62. The molecule has 1 fully saturated rings. The number of phenolic OH excluding ortho intramolecular Hbond substituents is 1. The maximum Gasteiger partial charge on any atom is 0.254 e. The van der Waals surface area contributed by atoms with Gasteiger partial charge in [0.15, 0.2) is 0 Å². The van der Waals surface area contributed by atoms with Gasteiger partial charge in [0.1, 0.15) is 11.6 Å². The lowest BCUT2D eigenvalue weighted by atomic mass is 10.1. The van der Waals surface area contributed by atoms with Gasteiger partial charge in [-0.25, -0.2) is 4.39 Å². The van der Waals surface area contributed by atoms with Crippen molar-refractivity contribution in [3.8, 4) is 17.0 Å². The lowest BCUT2D eigenvalue weighted by Gasteiger charge is -2.26. The molecule has 1 N–H and O–H groups in total. The van der Waals surface area contributed by atoms with Crippen molar-refractivity contribution < 1.29 is 19.0 Å². The fraction of sp³-hybridized carbons (Fsp3) is 0.250. The van der Waals surface area contributed by atoms with Gasteiger partial charge in [-0.2, -0.15) is 0 Å². The Balaban J connectivity index is 1.94. The van der Waals surface area contributed by atoms with Gasteiger partial charge < -0.3 is 14.7 Å². The number of carbonyl (C=O) groups excluding carboxylic acids is 1. The number of amides is 1. The minimum Gasteiger partial charge on any atom is -0.506 e. The summed E-state index contributed by atoms with van der Waals surface area (Å²) in [4.78, 5) is 18.2. The number of benzene rings is 1. The fourth-order valence-corrected chi connectivity index (χ4v) is 2.56. The Morgan fingerprint density at radius 2 is 2.04 bits per heavy atom. The predicted octanol–water partition coefficient (Wildman–Crippen LogP) is 2.72. The number of ether oxygens (including phenoxy) is 1. The molecular formula is C16H14ClFN2O3. The minimum atomic E-state index is -0.657. The number of aromatic nitrogens is 1. The SMILES string of the molecule is O=C(c1ccnc(-c2cc(Cl)c(O)cc2F)c1)N1CCOCC1. The average Bonchev–Trinajstić information content (AvgIpc) is 2.58. The summed E-state index contributed by atoms with van der Waals surface area (Å²) in [5.74, 6) is -1.15. The molecule has 5 nitrogen and oxygen atoms in total. The predicted molar refractivity (Wildman–Crippen MR) is 83.0 cm³/mol. The van der Waals surface area contributed by atoms with E-state index >= 15 is 0 Å². The number of rotatable bonds is 2. The van der Waals surface area contributed by atoms with Crippen molar-refractivity contribution in [3.63, 3.8) is 0 Å². The molecule has 0 saturated carbocycles. The summed E-state index contributed by atoms with van der Waals surface area (Å²) in [7, 11) is 0. The molecule has 1 amide bonds. The molecular weight excluding hydrogens is 323 g/mol. The minimum absolute atomic E-state index is 0.0214. The quantitative estimate of drug-likeness (QED) is 0.916. The van der Waals surface area contributed by atoms with Gasteiger partial charge in [0.05, 0.1) is 23.9 Å². The second kappa shape index (κ2) is 6.52. The smallest absolute Gasteiger partial charge is 0.254 e. The highest BCUT2D eigenvalue weighted by Crippen LogP contribution is 2.31. The first-order valence-electron chi connectivity index (χ1n) is 7.07. The van der Waals surface area contributed by atoms with Crippen LogP contribution in [0.4, 0.5) is 4.39 Å². The maximum absolute atomic E-state index is 14.0. The van der Waals surface area contributed by atoms with Crippen molar-refractivity contribution in [1.82, 2.24) is 9.88 Å². The van der Waals surface area contributed by atoms with E-state index in [0.29, 0.717) is 31.9 Å². The Kier molecular flexibility index (Phi) is 4.45. The van der Waals surface area contributed by atoms with E-state index in [1.54, 1.807) is 11.0 Å². The van der Waals surface area contributed by atoms with E-state index in [1.807, 2.05) is 0 Å². The Morgan fingerprint density at radius 1 is 1.30 bits per heavy atom. The zero-order valence-electron chi connectivity index (χ0n) is 12.1. The standard InChI is InChI=1S/C16H14ClFN2O3/c17-12-8-11(13(18)9-15(12)21)14-7-10(1-2-19-14)16(22)20-3-5-23-6-4-20/h1-2,7-9,21H,3-6H2. The van der Waals surface area contributed by atoms with Crippen LogP contribution < -0.4 is 0 Å². The van der Waals surface area contributed by atoms with Gasteiger partial charge in [0.2, 0.25) is 0 Å². The zero-order valence-corrected chi connectivity index (χ0v) is 12.9. The van der Waals surface area contributed by atoms with Crippen LogP contribution in [0.25, 0.3) is 11.3 Å². The normalized spacial score (nSPS) is 14.8. The molecule has 2 heterocycles. The molecule has 1 aliphatic heterocycles. The van der Waals surface area contributed by atoms with E-state index in [4.69, 9.17) is 16.3 Å². The van der Waals surface area contributed by atoms with Crippen LogP contribution in [-0.4, -0.2) is 47.2 Å². The number of aromatic hydroxyl groups is 1. The fourth-order valence-electron chi connectivity index (χ4n) is 2.39. The van der Waals surface area contributed by atoms with Gasteiger partial charge in [0.25, 0.3) is 5.91 Å².